The summed E-state index contributed by atoms with van der Waals surface area (Å²) in [6.45, 7) is 2.35. The molecule has 3 aliphatic rings. The first-order valence-corrected chi connectivity index (χ1v) is 18.4. The number of pyridine rings is 1. The predicted molar refractivity (Wildman–Crippen MR) is 217 cm³/mol. The van der Waals surface area contributed by atoms with Gasteiger partial charge in [-0.25, -0.2) is 4.99 Å². The molecule has 1 aromatic heterocycles. The lowest BCUT2D eigenvalue weighted by Crippen LogP contribution is -2.28. The monoisotopic (exact) mass is 670 g/mol. The lowest BCUT2D eigenvalue weighted by atomic mass is 9.88. The van der Waals surface area contributed by atoms with E-state index in [2.05, 4.69) is 164 Å². The summed E-state index contributed by atoms with van der Waals surface area (Å²) in [5.74, 6) is 1.36. The van der Waals surface area contributed by atoms with E-state index in [0.29, 0.717) is 5.92 Å². The van der Waals surface area contributed by atoms with Crippen LogP contribution in [0.15, 0.2) is 174 Å². The van der Waals surface area contributed by atoms with Gasteiger partial charge in [0.1, 0.15) is 0 Å². The van der Waals surface area contributed by atoms with E-state index in [4.69, 9.17) is 15.0 Å². The van der Waals surface area contributed by atoms with Crippen molar-refractivity contribution in [3.05, 3.63) is 186 Å². The van der Waals surface area contributed by atoms with Crippen LogP contribution in [0.3, 0.4) is 0 Å². The Labute approximate surface area is 304 Å². The second kappa shape index (κ2) is 12.6. The van der Waals surface area contributed by atoms with Crippen molar-refractivity contribution >= 4 is 55.4 Å². The van der Waals surface area contributed by atoms with Gasteiger partial charge in [0.05, 0.1) is 23.3 Å². The molecule has 0 saturated heterocycles. The minimum absolute atomic E-state index is 0.0856. The molecule has 2 aliphatic heterocycles. The molecule has 0 N–H and O–H groups in total. The zero-order valence-electron chi connectivity index (χ0n) is 29.1. The Bertz CT molecular complexity index is 2630. The number of anilines is 2. The highest BCUT2D eigenvalue weighted by molar-refractivity contribution is 6.25. The number of aromatic nitrogens is 1. The van der Waals surface area contributed by atoms with Crippen LogP contribution in [0.2, 0.25) is 0 Å². The number of fused-ring (bicyclic) bond motifs is 8. The number of rotatable bonds is 4. The molecule has 52 heavy (non-hydrogen) atoms. The summed E-state index contributed by atoms with van der Waals surface area (Å²) < 4.78 is 0. The fraction of sp³-hybridized carbons (Fsp3) is 0.146. The molecule has 10 rings (SSSR count). The maximum atomic E-state index is 5.69. The molecular formula is C48H38N4. The third-order valence-electron chi connectivity index (χ3n) is 11.3. The first-order valence-electron chi connectivity index (χ1n) is 18.4. The fourth-order valence-electron chi connectivity index (χ4n) is 8.74. The Morgan fingerprint density at radius 2 is 1.50 bits per heavy atom. The Hall–Kier alpha value is -6.13. The topological polar surface area (TPSA) is 40.9 Å². The number of hydrogen-bond acceptors (Lipinski definition) is 4. The van der Waals surface area contributed by atoms with Crippen LogP contribution in [0.5, 0.6) is 0 Å². The second-order valence-electron chi connectivity index (χ2n) is 14.4. The van der Waals surface area contributed by atoms with Gasteiger partial charge in [-0.05, 0) is 87.3 Å². The van der Waals surface area contributed by atoms with E-state index >= 15 is 0 Å². The summed E-state index contributed by atoms with van der Waals surface area (Å²) in [4.78, 5) is 18.7. The third kappa shape index (κ3) is 5.09. The highest BCUT2D eigenvalue weighted by atomic mass is 15.2. The van der Waals surface area contributed by atoms with Crippen LogP contribution in [0, 0.1) is 5.92 Å². The van der Waals surface area contributed by atoms with Gasteiger partial charge in [0.15, 0.2) is 5.84 Å². The van der Waals surface area contributed by atoms with Crippen molar-refractivity contribution in [2.75, 3.05) is 4.90 Å². The molecule has 0 saturated carbocycles. The fourth-order valence-corrected chi connectivity index (χ4v) is 8.74. The molecular weight excluding hydrogens is 633 g/mol. The number of allylic oxidation sites excluding steroid dienone is 2. The summed E-state index contributed by atoms with van der Waals surface area (Å²) in [5.41, 5.74) is 9.17. The summed E-state index contributed by atoms with van der Waals surface area (Å²) >= 11 is 0. The van der Waals surface area contributed by atoms with Gasteiger partial charge in [0, 0.05) is 34.4 Å². The first-order chi connectivity index (χ1) is 25.7. The van der Waals surface area contributed by atoms with E-state index in [1.54, 1.807) is 0 Å². The minimum Gasteiger partial charge on any atom is -0.333 e. The van der Waals surface area contributed by atoms with Gasteiger partial charge in [-0.1, -0.05) is 134 Å². The summed E-state index contributed by atoms with van der Waals surface area (Å²) in [6.07, 6.45) is 12.8. The number of amidine groups is 1. The van der Waals surface area contributed by atoms with Crippen molar-refractivity contribution in [3.8, 4) is 0 Å². The molecule has 0 amide bonds. The highest BCUT2D eigenvalue weighted by Gasteiger charge is 2.37. The maximum Gasteiger partial charge on any atom is 0.157 e. The molecule has 3 heterocycles. The lowest BCUT2D eigenvalue weighted by Gasteiger charge is -2.30. The van der Waals surface area contributed by atoms with Gasteiger partial charge in [0.25, 0.3) is 0 Å². The van der Waals surface area contributed by atoms with Crippen molar-refractivity contribution in [2.24, 2.45) is 15.9 Å². The third-order valence-corrected chi connectivity index (χ3v) is 11.3. The quantitative estimate of drug-likeness (QED) is 0.175. The Morgan fingerprint density at radius 3 is 2.44 bits per heavy atom. The molecule has 4 nitrogen and oxygen atoms in total. The molecule has 0 radical (unpaired) electrons. The second-order valence-corrected chi connectivity index (χ2v) is 14.4. The van der Waals surface area contributed by atoms with Crippen molar-refractivity contribution in [2.45, 2.75) is 37.8 Å². The zero-order chi connectivity index (χ0) is 34.6. The summed E-state index contributed by atoms with van der Waals surface area (Å²) in [5, 5.41) is 5.96. The van der Waals surface area contributed by atoms with E-state index in [-0.39, 0.29) is 18.0 Å². The van der Waals surface area contributed by atoms with Gasteiger partial charge < -0.3 is 4.90 Å². The van der Waals surface area contributed by atoms with Crippen LogP contribution >= 0.6 is 0 Å². The standard InChI is InChI=1S/C48H38N4/c1-31-24-27-42(33-14-3-2-4-15-33)50-48(41-30-34-26-25-32-13-5-6-18-37(32)45(34)40-21-12-28-49-47(40)41)51-46(31)35-16-11-17-36(29-35)52-43-22-9-7-19-38(43)39-20-8-10-23-44(39)52/h2-23,25-26,28-31,38,43,46H,24,27H2,1H3. The van der Waals surface area contributed by atoms with Gasteiger partial charge >= 0.3 is 0 Å². The van der Waals surface area contributed by atoms with Gasteiger partial charge in [-0.3, -0.25) is 9.98 Å². The molecule has 250 valence electrons. The highest BCUT2D eigenvalue weighted by Crippen LogP contribution is 2.48. The van der Waals surface area contributed by atoms with Crippen LogP contribution in [0.4, 0.5) is 11.4 Å². The van der Waals surface area contributed by atoms with Gasteiger partial charge in [-0.15, -0.1) is 0 Å². The average Bonchev–Trinajstić information content (AvgIpc) is 3.54. The molecule has 0 spiro atoms. The van der Waals surface area contributed by atoms with Crippen molar-refractivity contribution in [1.82, 2.24) is 4.98 Å². The normalized spacial score (nSPS) is 21.1. The van der Waals surface area contributed by atoms with E-state index in [1.165, 1.54) is 44.0 Å². The number of para-hydroxylation sites is 1. The van der Waals surface area contributed by atoms with Crippen LogP contribution in [0.1, 0.15) is 54.0 Å². The average molecular weight is 671 g/mol. The van der Waals surface area contributed by atoms with Crippen LogP contribution in [0.25, 0.3) is 32.4 Å². The van der Waals surface area contributed by atoms with Crippen LogP contribution in [-0.4, -0.2) is 22.6 Å². The van der Waals surface area contributed by atoms with E-state index < -0.39 is 0 Å². The summed E-state index contributed by atoms with van der Waals surface area (Å²) in [6, 6.07) is 48.3. The smallest absolute Gasteiger partial charge is 0.157 e. The van der Waals surface area contributed by atoms with Crippen LogP contribution in [-0.2, 0) is 0 Å². The molecule has 6 aromatic carbocycles. The molecule has 0 bridgehead atoms. The first kappa shape index (κ1) is 30.7. The minimum atomic E-state index is -0.0856. The number of benzene rings is 6. The Kier molecular flexibility index (Phi) is 7.42. The molecule has 0 fully saturated rings. The zero-order valence-corrected chi connectivity index (χ0v) is 29.1. The van der Waals surface area contributed by atoms with Crippen molar-refractivity contribution < 1.29 is 0 Å². The molecule has 4 atom stereocenters. The van der Waals surface area contributed by atoms with Crippen molar-refractivity contribution in [3.63, 3.8) is 0 Å². The van der Waals surface area contributed by atoms with E-state index in [1.807, 2.05) is 12.3 Å². The maximum absolute atomic E-state index is 5.69. The summed E-state index contributed by atoms with van der Waals surface area (Å²) in [7, 11) is 0. The van der Waals surface area contributed by atoms with Crippen LogP contribution < -0.4 is 4.90 Å². The molecule has 1 aliphatic carbocycles. The lowest BCUT2D eigenvalue weighted by molar-refractivity contribution is 0.446. The molecule has 7 aromatic rings. The molecule has 4 unspecified atom stereocenters. The number of hydrogen-bond donors (Lipinski definition) is 0. The van der Waals surface area contributed by atoms with Gasteiger partial charge in [-0.2, -0.15) is 0 Å². The van der Waals surface area contributed by atoms with Gasteiger partial charge in [0.2, 0.25) is 0 Å². The number of aliphatic imine (C=N–C) groups is 2. The Morgan fingerprint density at radius 1 is 0.692 bits per heavy atom. The largest absolute Gasteiger partial charge is 0.333 e. The number of nitrogens with zero attached hydrogens (tertiary/aromatic N) is 4. The predicted octanol–water partition coefficient (Wildman–Crippen LogP) is 11.7. The SMILES string of the molecule is CC1CCC(c2ccccc2)=NC(c2cc3ccc4ccccc4c3c3cccnc23)=NC1c1cccc(N2c3ccccc3C3C=CC=CC32)c1. The van der Waals surface area contributed by atoms with E-state index in [0.717, 1.165) is 46.4 Å². The Balaban J connectivity index is 1.17. The molecule has 4 heteroatoms. The van der Waals surface area contributed by atoms with E-state index in [9.17, 15) is 0 Å². The van der Waals surface area contributed by atoms with Crippen molar-refractivity contribution in [1.29, 1.82) is 0 Å².